The van der Waals surface area contributed by atoms with Crippen LogP contribution in [0, 0.1) is 13.8 Å². The first-order valence-electron chi connectivity index (χ1n) is 13.3. The molecule has 1 aliphatic heterocycles. The monoisotopic (exact) mass is 528 g/mol. The highest BCUT2D eigenvalue weighted by Gasteiger charge is 2.23. The molecule has 2 aromatic carbocycles. The van der Waals surface area contributed by atoms with E-state index in [4.69, 9.17) is 4.74 Å². The summed E-state index contributed by atoms with van der Waals surface area (Å²) in [5.41, 5.74) is 8.62. The molecular formula is C31H36N4O4. The Morgan fingerprint density at radius 3 is 2.44 bits per heavy atom. The molecule has 0 unspecified atom stereocenters. The molecule has 8 nitrogen and oxygen atoms in total. The van der Waals surface area contributed by atoms with Crippen LogP contribution in [-0.2, 0) is 29.0 Å². The summed E-state index contributed by atoms with van der Waals surface area (Å²) in [4.78, 5) is 44.0. The number of hydrogen-bond acceptors (Lipinski definition) is 5. The molecule has 2 amide bonds. The zero-order chi connectivity index (χ0) is 27.9. The number of rotatable bonds is 8. The van der Waals surface area contributed by atoms with Crippen LogP contribution in [-0.4, -0.2) is 53.0 Å². The second kappa shape index (κ2) is 12.7. The Morgan fingerprint density at radius 1 is 1.08 bits per heavy atom. The molecule has 0 atom stereocenters. The number of morpholine rings is 1. The maximum Gasteiger partial charge on any atom is 0.272 e. The number of H-pyrrole nitrogens is 1. The average molecular weight is 529 g/mol. The molecule has 1 aliphatic rings. The van der Waals surface area contributed by atoms with Crippen LogP contribution >= 0.6 is 0 Å². The lowest BCUT2D eigenvalue weighted by Crippen LogP contribution is -2.46. The molecule has 0 aliphatic carbocycles. The smallest absolute Gasteiger partial charge is 0.272 e. The molecular weight excluding hydrogens is 492 g/mol. The Balaban J connectivity index is 1.61. The van der Waals surface area contributed by atoms with E-state index in [0.717, 1.165) is 66.9 Å². The van der Waals surface area contributed by atoms with Crippen LogP contribution in [0.2, 0.25) is 0 Å². The van der Waals surface area contributed by atoms with E-state index in [0.29, 0.717) is 17.5 Å². The number of aromatic amines is 1. The first kappa shape index (κ1) is 28.0. The molecule has 39 heavy (non-hydrogen) atoms. The lowest BCUT2D eigenvalue weighted by molar-refractivity contribution is -0.120. The number of carbonyl (C=O) groups is 2. The summed E-state index contributed by atoms with van der Waals surface area (Å²) in [6.07, 6.45) is 1.72. The summed E-state index contributed by atoms with van der Waals surface area (Å²) in [7, 11) is 0. The maximum absolute atomic E-state index is 13.8. The summed E-state index contributed by atoms with van der Waals surface area (Å²) >= 11 is 0. The van der Waals surface area contributed by atoms with Crippen molar-refractivity contribution in [2.24, 2.45) is 0 Å². The fourth-order valence-corrected chi connectivity index (χ4v) is 4.77. The Kier molecular flexibility index (Phi) is 9.11. The molecule has 0 bridgehead atoms. The van der Waals surface area contributed by atoms with Crippen LogP contribution in [0.3, 0.4) is 0 Å². The van der Waals surface area contributed by atoms with Crippen molar-refractivity contribution in [3.8, 4) is 11.1 Å². The Hall–Kier alpha value is -4.01. The normalized spacial score (nSPS) is 13.6. The van der Waals surface area contributed by atoms with Gasteiger partial charge in [0.05, 0.1) is 19.8 Å². The largest absolute Gasteiger partial charge is 0.379 e. The standard InChI is InChI=1S/C31H36N4O4/c1-5-24-17-22(4)32-30(37)28(24)20-35(33-29(36)6-2)31(38)27-18-26(10-7-21(27)3)25-11-8-23(9-12-25)19-34-13-15-39-16-14-34/h6-12,17-18H,2,5,13-16,19-20H2,1,3-4H3,(H,32,37)(H,33,36). The summed E-state index contributed by atoms with van der Waals surface area (Å²) in [5, 5.41) is 1.20. The lowest BCUT2D eigenvalue weighted by atomic mass is 9.98. The van der Waals surface area contributed by atoms with Crippen molar-refractivity contribution in [2.45, 2.75) is 40.3 Å². The fourth-order valence-electron chi connectivity index (χ4n) is 4.77. The van der Waals surface area contributed by atoms with E-state index < -0.39 is 11.8 Å². The van der Waals surface area contributed by atoms with Crippen LogP contribution in [0.5, 0.6) is 0 Å². The third-order valence-corrected chi connectivity index (χ3v) is 7.00. The second-order valence-corrected chi connectivity index (χ2v) is 9.83. The van der Waals surface area contributed by atoms with Gasteiger partial charge >= 0.3 is 0 Å². The number of nitrogens with zero attached hydrogens (tertiary/aromatic N) is 2. The number of amides is 2. The van der Waals surface area contributed by atoms with E-state index in [-0.39, 0.29) is 12.1 Å². The highest BCUT2D eigenvalue weighted by Crippen LogP contribution is 2.25. The van der Waals surface area contributed by atoms with Gasteiger partial charge in [-0.1, -0.05) is 49.9 Å². The third-order valence-electron chi connectivity index (χ3n) is 7.00. The summed E-state index contributed by atoms with van der Waals surface area (Å²) < 4.78 is 5.44. The number of benzene rings is 2. The quantitative estimate of drug-likeness (QED) is 0.342. The molecule has 1 aromatic heterocycles. The number of carbonyl (C=O) groups excluding carboxylic acids is 2. The van der Waals surface area contributed by atoms with E-state index in [1.54, 1.807) is 0 Å². The lowest BCUT2D eigenvalue weighted by Gasteiger charge is -2.26. The van der Waals surface area contributed by atoms with Crippen molar-refractivity contribution >= 4 is 11.8 Å². The van der Waals surface area contributed by atoms with E-state index in [1.807, 2.05) is 45.0 Å². The predicted octanol–water partition coefficient (Wildman–Crippen LogP) is 3.91. The highest BCUT2D eigenvalue weighted by atomic mass is 16.5. The molecule has 2 heterocycles. The summed E-state index contributed by atoms with van der Waals surface area (Å²) in [6.45, 7) is 13.3. The van der Waals surface area contributed by atoms with Crippen molar-refractivity contribution in [1.29, 1.82) is 0 Å². The molecule has 2 N–H and O–H groups in total. The molecule has 0 saturated carbocycles. The number of aryl methyl sites for hydroxylation is 3. The summed E-state index contributed by atoms with van der Waals surface area (Å²) in [6, 6.07) is 15.9. The minimum absolute atomic E-state index is 0.0723. The number of ether oxygens (including phenoxy) is 1. The Morgan fingerprint density at radius 2 is 1.77 bits per heavy atom. The number of hydrazine groups is 1. The molecule has 0 radical (unpaired) electrons. The maximum atomic E-state index is 13.8. The van der Waals surface area contributed by atoms with E-state index in [1.165, 1.54) is 10.6 Å². The molecule has 3 aromatic rings. The Labute approximate surface area is 229 Å². The molecule has 1 saturated heterocycles. The van der Waals surface area contributed by atoms with Gasteiger partial charge in [-0.25, -0.2) is 5.01 Å². The molecule has 204 valence electrons. The van der Waals surface area contributed by atoms with Crippen LogP contribution in [0.4, 0.5) is 0 Å². The van der Waals surface area contributed by atoms with Gasteiger partial charge in [0.15, 0.2) is 0 Å². The van der Waals surface area contributed by atoms with Crippen LogP contribution in [0.1, 0.15) is 45.2 Å². The Bertz CT molecular complexity index is 1410. The second-order valence-electron chi connectivity index (χ2n) is 9.83. The fraction of sp³-hybridized carbons (Fsp3) is 0.323. The van der Waals surface area contributed by atoms with Gasteiger partial charge in [-0.3, -0.25) is 24.7 Å². The summed E-state index contributed by atoms with van der Waals surface area (Å²) in [5.74, 6) is -0.940. The first-order valence-corrected chi connectivity index (χ1v) is 13.3. The van der Waals surface area contributed by atoms with Crippen LogP contribution in [0.25, 0.3) is 11.1 Å². The first-order chi connectivity index (χ1) is 18.8. The van der Waals surface area contributed by atoms with Gasteiger partial charge < -0.3 is 9.72 Å². The topological polar surface area (TPSA) is 94.7 Å². The van der Waals surface area contributed by atoms with E-state index in [2.05, 4.69) is 46.2 Å². The van der Waals surface area contributed by atoms with Crippen molar-refractivity contribution in [2.75, 3.05) is 26.3 Å². The van der Waals surface area contributed by atoms with Gasteiger partial charge in [0.1, 0.15) is 0 Å². The molecule has 8 heteroatoms. The van der Waals surface area contributed by atoms with Crippen molar-refractivity contribution in [1.82, 2.24) is 20.3 Å². The third kappa shape index (κ3) is 6.90. The van der Waals surface area contributed by atoms with Gasteiger partial charge in [-0.05, 0) is 66.3 Å². The number of hydrogen-bond donors (Lipinski definition) is 2. The zero-order valence-electron chi connectivity index (χ0n) is 22.9. The molecule has 1 fully saturated rings. The molecule has 0 spiro atoms. The molecule has 4 rings (SSSR count). The predicted molar refractivity (Wildman–Crippen MR) is 152 cm³/mol. The van der Waals surface area contributed by atoms with Gasteiger partial charge in [0.25, 0.3) is 17.4 Å². The van der Waals surface area contributed by atoms with Gasteiger partial charge in [-0.15, -0.1) is 0 Å². The van der Waals surface area contributed by atoms with Gasteiger partial charge in [-0.2, -0.15) is 0 Å². The SMILES string of the molecule is C=CC(=O)NN(Cc1c(CC)cc(C)[nH]c1=O)C(=O)c1cc(-c2ccc(CN3CCOCC3)cc2)ccc1C. The average Bonchev–Trinajstić information content (AvgIpc) is 2.94. The van der Waals surface area contributed by atoms with Crippen molar-refractivity contribution in [3.05, 3.63) is 105 Å². The van der Waals surface area contributed by atoms with Gasteiger partial charge in [0.2, 0.25) is 0 Å². The minimum atomic E-state index is -0.533. The highest BCUT2D eigenvalue weighted by molar-refractivity contribution is 5.98. The number of pyridine rings is 1. The number of nitrogens with one attached hydrogen (secondary N) is 2. The number of aromatic nitrogens is 1. The van der Waals surface area contributed by atoms with Crippen LogP contribution < -0.4 is 11.0 Å². The van der Waals surface area contributed by atoms with E-state index >= 15 is 0 Å². The van der Waals surface area contributed by atoms with Crippen molar-refractivity contribution in [3.63, 3.8) is 0 Å². The van der Waals surface area contributed by atoms with Crippen molar-refractivity contribution < 1.29 is 14.3 Å². The van der Waals surface area contributed by atoms with Gasteiger partial charge in [0, 0.05) is 36.5 Å². The minimum Gasteiger partial charge on any atom is -0.379 e. The van der Waals surface area contributed by atoms with Crippen LogP contribution in [0.15, 0.2) is 66.0 Å². The van der Waals surface area contributed by atoms with E-state index in [9.17, 15) is 14.4 Å². The zero-order valence-corrected chi connectivity index (χ0v) is 22.9.